The van der Waals surface area contributed by atoms with Gasteiger partial charge in [-0.2, -0.15) is 14.3 Å². The maximum Gasteiger partial charge on any atom is 0.246 e. The Balaban J connectivity index is 1.62. The fourth-order valence-electron chi connectivity index (χ4n) is 3.31. The van der Waals surface area contributed by atoms with Crippen LogP contribution in [0, 0.1) is 12.7 Å². The van der Waals surface area contributed by atoms with Gasteiger partial charge in [0.25, 0.3) is 0 Å². The third-order valence-corrected chi connectivity index (χ3v) is 5.39. The fourth-order valence-corrected chi connectivity index (χ4v) is 3.96. The number of carbonyl (C=O) groups excluding carboxylic acids is 1. The van der Waals surface area contributed by atoms with E-state index in [1.54, 1.807) is 4.90 Å². The van der Waals surface area contributed by atoms with E-state index >= 15 is 0 Å². The number of hydrogen-bond acceptors (Lipinski definition) is 7. The smallest absolute Gasteiger partial charge is 0.246 e. The number of aryl methyl sites for hydroxylation is 1. The number of H-pyrrole nitrogens is 1. The molecule has 0 unspecified atom stereocenters. The molecule has 3 N–H and O–H groups in total. The van der Waals surface area contributed by atoms with Gasteiger partial charge in [0.05, 0.1) is 11.1 Å². The topological polar surface area (TPSA) is 98.8 Å². The highest BCUT2D eigenvalue weighted by Gasteiger charge is 2.24. The Morgan fingerprint density at radius 3 is 3.11 bits per heavy atom. The molecule has 1 aliphatic rings. The number of amides is 1. The normalized spacial score (nSPS) is 16.9. The first-order chi connectivity index (χ1) is 13.5. The van der Waals surface area contributed by atoms with Crippen molar-refractivity contribution in [3.05, 3.63) is 36.4 Å². The van der Waals surface area contributed by atoms with E-state index in [9.17, 15) is 9.18 Å². The second-order valence-corrected chi connectivity index (χ2v) is 7.49. The van der Waals surface area contributed by atoms with Gasteiger partial charge in [-0.05, 0) is 43.4 Å². The Bertz CT molecular complexity index is 1030. The van der Waals surface area contributed by atoms with Gasteiger partial charge in [-0.1, -0.05) is 6.58 Å². The average Bonchev–Trinajstić information content (AvgIpc) is 3.27. The molecule has 4 rings (SSSR count). The molecule has 1 aliphatic heterocycles. The summed E-state index contributed by atoms with van der Waals surface area (Å²) in [5.74, 6) is 0.211. The minimum Gasteiger partial charge on any atom is -0.365 e. The monoisotopic (exact) mass is 401 g/mol. The summed E-state index contributed by atoms with van der Waals surface area (Å²) in [5, 5.41) is 7.52. The minimum atomic E-state index is -0.424. The molecular weight excluding hydrogens is 381 g/mol. The van der Waals surface area contributed by atoms with Gasteiger partial charge in [0.2, 0.25) is 11.9 Å². The highest BCUT2D eigenvalue weighted by molar-refractivity contribution is 7.10. The van der Waals surface area contributed by atoms with E-state index in [4.69, 9.17) is 0 Å². The molecule has 1 amide bonds. The third kappa shape index (κ3) is 3.68. The van der Waals surface area contributed by atoms with Crippen molar-refractivity contribution in [2.45, 2.75) is 25.8 Å². The number of fused-ring (bicyclic) bond motifs is 1. The van der Waals surface area contributed by atoms with E-state index < -0.39 is 5.82 Å². The molecule has 0 saturated carbocycles. The molecule has 0 bridgehead atoms. The number of aromatic amines is 1. The van der Waals surface area contributed by atoms with Gasteiger partial charge >= 0.3 is 0 Å². The van der Waals surface area contributed by atoms with Crippen LogP contribution in [0.1, 0.15) is 18.5 Å². The maximum atomic E-state index is 14.3. The molecule has 1 saturated heterocycles. The standard InChI is InChI=1S/C18H20FN7OS/c1-3-14(27)26-6-4-5-11(9-26)21-17-15-12(19)8-20-16(15)23-18(24-17)22-13-7-10(2)25-28-13/h3,7-8,11H,1,4-6,9H2,2H3,(H3,20,21,22,23,24)/t11-/m1/s1. The zero-order chi connectivity index (χ0) is 19.7. The van der Waals surface area contributed by atoms with E-state index in [-0.39, 0.29) is 11.9 Å². The highest BCUT2D eigenvalue weighted by Crippen LogP contribution is 2.28. The number of anilines is 3. The van der Waals surface area contributed by atoms with Crippen molar-refractivity contribution in [1.29, 1.82) is 0 Å². The number of nitrogens with zero attached hydrogens (tertiary/aromatic N) is 4. The highest BCUT2D eigenvalue weighted by atomic mass is 32.1. The van der Waals surface area contributed by atoms with Gasteiger partial charge in [0.15, 0.2) is 5.82 Å². The lowest BCUT2D eigenvalue weighted by Crippen LogP contribution is -2.44. The van der Waals surface area contributed by atoms with Crippen LogP contribution in [-0.2, 0) is 4.79 Å². The lowest BCUT2D eigenvalue weighted by molar-refractivity contribution is -0.127. The van der Waals surface area contributed by atoms with Crippen LogP contribution in [0.5, 0.6) is 0 Å². The molecule has 0 aromatic carbocycles. The zero-order valence-electron chi connectivity index (χ0n) is 15.3. The molecule has 4 heterocycles. The number of likely N-dealkylation sites (tertiary alicyclic amines) is 1. The number of carbonyl (C=O) groups is 1. The van der Waals surface area contributed by atoms with Crippen LogP contribution in [-0.4, -0.2) is 49.3 Å². The van der Waals surface area contributed by atoms with Crippen molar-refractivity contribution in [3.63, 3.8) is 0 Å². The molecule has 1 fully saturated rings. The molecule has 0 aliphatic carbocycles. The van der Waals surface area contributed by atoms with Crippen LogP contribution < -0.4 is 10.6 Å². The van der Waals surface area contributed by atoms with E-state index in [0.717, 1.165) is 23.5 Å². The molecule has 146 valence electrons. The molecule has 28 heavy (non-hydrogen) atoms. The number of rotatable bonds is 5. The van der Waals surface area contributed by atoms with Gasteiger partial charge in [-0.25, -0.2) is 4.39 Å². The predicted molar refractivity (Wildman–Crippen MR) is 107 cm³/mol. The van der Waals surface area contributed by atoms with Crippen LogP contribution in [0.3, 0.4) is 0 Å². The summed E-state index contributed by atoms with van der Waals surface area (Å²) in [5.41, 5.74) is 1.29. The van der Waals surface area contributed by atoms with Crippen LogP contribution >= 0.6 is 11.5 Å². The van der Waals surface area contributed by atoms with Gasteiger partial charge in [0, 0.05) is 25.3 Å². The summed E-state index contributed by atoms with van der Waals surface area (Å²) in [6.07, 6.45) is 4.29. The van der Waals surface area contributed by atoms with Crippen LogP contribution in [0.25, 0.3) is 11.0 Å². The van der Waals surface area contributed by atoms with Crippen molar-refractivity contribution in [3.8, 4) is 0 Å². The van der Waals surface area contributed by atoms with Gasteiger partial charge in [-0.3, -0.25) is 4.79 Å². The Hall–Kier alpha value is -3.01. The Morgan fingerprint density at radius 2 is 2.36 bits per heavy atom. The molecule has 8 nitrogen and oxygen atoms in total. The predicted octanol–water partition coefficient (Wildman–Crippen LogP) is 3.19. The van der Waals surface area contributed by atoms with Crippen molar-refractivity contribution >= 4 is 45.2 Å². The quantitative estimate of drug-likeness (QED) is 0.568. The first-order valence-electron chi connectivity index (χ1n) is 8.96. The Morgan fingerprint density at radius 1 is 1.50 bits per heavy atom. The second-order valence-electron chi connectivity index (χ2n) is 6.69. The maximum absolute atomic E-state index is 14.3. The summed E-state index contributed by atoms with van der Waals surface area (Å²) in [6, 6.07) is 1.85. The number of piperidine rings is 1. The van der Waals surface area contributed by atoms with Crippen LogP contribution in [0.2, 0.25) is 0 Å². The molecule has 0 spiro atoms. The van der Waals surface area contributed by atoms with Crippen LogP contribution in [0.15, 0.2) is 24.9 Å². The molecular formula is C18H20FN7OS. The van der Waals surface area contributed by atoms with E-state index in [2.05, 4.69) is 36.5 Å². The summed E-state index contributed by atoms with van der Waals surface area (Å²) in [4.78, 5) is 25.3. The van der Waals surface area contributed by atoms with Crippen molar-refractivity contribution < 1.29 is 9.18 Å². The second kappa shape index (κ2) is 7.55. The van der Waals surface area contributed by atoms with Crippen molar-refractivity contribution in [2.24, 2.45) is 0 Å². The summed E-state index contributed by atoms with van der Waals surface area (Å²) in [6.45, 7) is 6.65. The summed E-state index contributed by atoms with van der Waals surface area (Å²) >= 11 is 1.30. The largest absolute Gasteiger partial charge is 0.365 e. The van der Waals surface area contributed by atoms with E-state index in [0.29, 0.717) is 35.9 Å². The molecule has 3 aromatic rings. The first-order valence-corrected chi connectivity index (χ1v) is 9.73. The SMILES string of the molecule is C=CC(=O)N1CCC[C@@H](Nc2nc(Nc3cc(C)ns3)nc3[nH]cc(F)c23)C1. The third-order valence-electron chi connectivity index (χ3n) is 4.59. The fraction of sp³-hybridized carbons (Fsp3) is 0.333. The van der Waals surface area contributed by atoms with Crippen molar-refractivity contribution in [1.82, 2.24) is 24.2 Å². The van der Waals surface area contributed by atoms with Gasteiger partial charge < -0.3 is 20.5 Å². The minimum absolute atomic E-state index is 0.0384. The van der Waals surface area contributed by atoms with Crippen LogP contribution in [0.4, 0.5) is 21.2 Å². The number of aromatic nitrogens is 4. The molecule has 1 atom stereocenters. The number of halogens is 1. The molecule has 10 heteroatoms. The Kier molecular flexibility index (Phi) is 4.95. The lowest BCUT2D eigenvalue weighted by atomic mass is 10.1. The summed E-state index contributed by atoms with van der Waals surface area (Å²) < 4.78 is 18.5. The lowest BCUT2D eigenvalue weighted by Gasteiger charge is -2.32. The number of nitrogens with one attached hydrogen (secondary N) is 3. The molecule has 3 aromatic heterocycles. The zero-order valence-corrected chi connectivity index (χ0v) is 16.1. The summed E-state index contributed by atoms with van der Waals surface area (Å²) in [7, 11) is 0. The average molecular weight is 401 g/mol. The van der Waals surface area contributed by atoms with Crippen molar-refractivity contribution in [2.75, 3.05) is 23.7 Å². The Labute approximate surface area is 165 Å². The van der Waals surface area contributed by atoms with Gasteiger partial charge in [-0.15, -0.1) is 0 Å². The molecule has 0 radical (unpaired) electrons. The van der Waals surface area contributed by atoms with E-state index in [1.165, 1.54) is 23.8 Å². The van der Waals surface area contributed by atoms with Gasteiger partial charge in [0.1, 0.15) is 16.5 Å². The number of hydrogen-bond donors (Lipinski definition) is 3. The first kappa shape index (κ1) is 18.4. The van der Waals surface area contributed by atoms with E-state index in [1.807, 2.05) is 13.0 Å².